The number of fused-ring (bicyclic) bond motifs is 1. The lowest BCUT2D eigenvalue weighted by atomic mass is 9.89. The molecule has 0 N–H and O–H groups in total. The van der Waals surface area contributed by atoms with Gasteiger partial charge in [0.05, 0.1) is 0 Å². The van der Waals surface area contributed by atoms with Crippen molar-refractivity contribution in [1.82, 2.24) is 19.6 Å². The van der Waals surface area contributed by atoms with Gasteiger partial charge < -0.3 is 4.90 Å². The van der Waals surface area contributed by atoms with Crippen LogP contribution < -0.4 is 4.90 Å². The Kier molecular flexibility index (Phi) is 3.69. The highest BCUT2D eigenvalue weighted by molar-refractivity contribution is 5.48. The van der Waals surface area contributed by atoms with Crippen LogP contribution in [0.5, 0.6) is 0 Å². The molecule has 0 saturated carbocycles. The fourth-order valence-corrected chi connectivity index (χ4v) is 3.42. The first kappa shape index (κ1) is 14.2. The maximum Gasteiger partial charge on any atom is 0.254 e. The van der Waals surface area contributed by atoms with Crippen molar-refractivity contribution < 1.29 is 0 Å². The van der Waals surface area contributed by atoms with Gasteiger partial charge in [0, 0.05) is 24.8 Å². The summed E-state index contributed by atoms with van der Waals surface area (Å²) in [5, 5.41) is 4.35. The predicted molar refractivity (Wildman–Crippen MR) is 90.8 cm³/mol. The van der Waals surface area contributed by atoms with Crippen LogP contribution >= 0.6 is 0 Å². The number of nitrogens with zero attached hydrogens (tertiary/aromatic N) is 5. The molecule has 1 aliphatic rings. The summed E-state index contributed by atoms with van der Waals surface area (Å²) < 4.78 is 1.86. The van der Waals surface area contributed by atoms with Gasteiger partial charge >= 0.3 is 0 Å². The van der Waals surface area contributed by atoms with Gasteiger partial charge in [0.1, 0.15) is 12.1 Å². The summed E-state index contributed by atoms with van der Waals surface area (Å²) >= 11 is 0. The van der Waals surface area contributed by atoms with Crippen molar-refractivity contribution in [1.29, 1.82) is 0 Å². The molecule has 3 heterocycles. The zero-order valence-corrected chi connectivity index (χ0v) is 13.4. The van der Waals surface area contributed by atoms with E-state index >= 15 is 0 Å². The van der Waals surface area contributed by atoms with Crippen LogP contribution in [-0.2, 0) is 6.42 Å². The van der Waals surface area contributed by atoms with E-state index in [1.54, 1.807) is 6.33 Å². The smallest absolute Gasteiger partial charge is 0.254 e. The van der Waals surface area contributed by atoms with Crippen LogP contribution in [0.25, 0.3) is 5.78 Å². The van der Waals surface area contributed by atoms with E-state index in [0.29, 0.717) is 11.7 Å². The Labute approximate surface area is 136 Å². The molecule has 4 rings (SSSR count). The van der Waals surface area contributed by atoms with Crippen LogP contribution in [-0.4, -0.2) is 32.7 Å². The SMILES string of the molecule is CCc1cc(N2CCC(c3ccccc3)CC2)n2ncnc2n1. The summed E-state index contributed by atoms with van der Waals surface area (Å²) in [6, 6.07) is 13.0. The van der Waals surface area contributed by atoms with Crippen molar-refractivity contribution >= 4 is 11.6 Å². The van der Waals surface area contributed by atoms with E-state index in [0.717, 1.165) is 31.0 Å². The summed E-state index contributed by atoms with van der Waals surface area (Å²) in [6.07, 6.45) is 4.84. The highest BCUT2D eigenvalue weighted by atomic mass is 15.4. The number of aromatic nitrogens is 4. The van der Waals surface area contributed by atoms with Gasteiger partial charge in [-0.1, -0.05) is 37.3 Å². The van der Waals surface area contributed by atoms with Crippen molar-refractivity contribution in [2.45, 2.75) is 32.1 Å². The molecule has 0 atom stereocenters. The zero-order chi connectivity index (χ0) is 15.6. The van der Waals surface area contributed by atoms with E-state index < -0.39 is 0 Å². The molecule has 0 aliphatic carbocycles. The van der Waals surface area contributed by atoms with Gasteiger partial charge in [0.2, 0.25) is 0 Å². The minimum absolute atomic E-state index is 0.658. The summed E-state index contributed by atoms with van der Waals surface area (Å²) in [7, 11) is 0. The van der Waals surface area contributed by atoms with Crippen LogP contribution in [0.4, 0.5) is 5.82 Å². The topological polar surface area (TPSA) is 46.3 Å². The third-order valence-corrected chi connectivity index (χ3v) is 4.74. The van der Waals surface area contributed by atoms with Crippen molar-refractivity contribution in [3.8, 4) is 0 Å². The summed E-state index contributed by atoms with van der Waals surface area (Å²) in [4.78, 5) is 11.2. The first-order chi connectivity index (χ1) is 11.3. The predicted octanol–water partition coefficient (Wildman–Crippen LogP) is 3.07. The molecule has 0 bridgehead atoms. The monoisotopic (exact) mass is 307 g/mol. The molecule has 1 aromatic carbocycles. The number of aryl methyl sites for hydroxylation is 1. The molecule has 2 aromatic heterocycles. The van der Waals surface area contributed by atoms with Gasteiger partial charge in [-0.3, -0.25) is 0 Å². The molecule has 0 radical (unpaired) electrons. The van der Waals surface area contributed by atoms with E-state index in [9.17, 15) is 0 Å². The van der Waals surface area contributed by atoms with Crippen molar-refractivity contribution in [3.63, 3.8) is 0 Å². The van der Waals surface area contributed by atoms with Crippen LogP contribution in [0.3, 0.4) is 0 Å². The Morgan fingerprint density at radius 3 is 2.65 bits per heavy atom. The number of anilines is 1. The van der Waals surface area contributed by atoms with Gasteiger partial charge in [0.25, 0.3) is 5.78 Å². The van der Waals surface area contributed by atoms with Crippen molar-refractivity contribution in [2.75, 3.05) is 18.0 Å². The molecule has 0 spiro atoms. The van der Waals surface area contributed by atoms with Gasteiger partial charge in [0.15, 0.2) is 0 Å². The molecule has 3 aromatic rings. The van der Waals surface area contributed by atoms with Gasteiger partial charge in [-0.2, -0.15) is 14.6 Å². The maximum absolute atomic E-state index is 4.53. The average molecular weight is 307 g/mol. The summed E-state index contributed by atoms with van der Waals surface area (Å²) in [5.74, 6) is 2.48. The molecule has 1 fully saturated rings. The van der Waals surface area contributed by atoms with Crippen LogP contribution in [0.1, 0.15) is 36.9 Å². The lowest BCUT2D eigenvalue weighted by Gasteiger charge is -2.33. The second kappa shape index (κ2) is 5.99. The Hall–Kier alpha value is -2.43. The van der Waals surface area contributed by atoms with Gasteiger partial charge in [-0.15, -0.1) is 0 Å². The van der Waals surface area contributed by atoms with Crippen molar-refractivity contribution in [2.24, 2.45) is 0 Å². The molecule has 0 unspecified atom stereocenters. The Morgan fingerprint density at radius 1 is 1.13 bits per heavy atom. The minimum atomic E-state index is 0.658. The van der Waals surface area contributed by atoms with Crippen LogP contribution in [0.15, 0.2) is 42.7 Å². The summed E-state index contributed by atoms with van der Waals surface area (Å²) in [6.45, 7) is 4.21. The van der Waals surface area contributed by atoms with E-state index in [4.69, 9.17) is 0 Å². The van der Waals surface area contributed by atoms with Gasteiger partial charge in [-0.25, -0.2) is 4.98 Å². The van der Waals surface area contributed by atoms with E-state index in [-0.39, 0.29) is 0 Å². The molecular formula is C18H21N5. The fourth-order valence-electron chi connectivity index (χ4n) is 3.42. The largest absolute Gasteiger partial charge is 0.356 e. The number of benzene rings is 1. The maximum atomic E-state index is 4.53. The highest BCUT2D eigenvalue weighted by Crippen LogP contribution is 2.30. The Balaban J connectivity index is 1.58. The third-order valence-electron chi connectivity index (χ3n) is 4.74. The second-order valence-corrected chi connectivity index (χ2v) is 6.10. The van der Waals surface area contributed by atoms with E-state index in [1.807, 2.05) is 4.52 Å². The molecule has 5 heteroatoms. The summed E-state index contributed by atoms with van der Waals surface area (Å²) in [5.41, 5.74) is 2.53. The zero-order valence-electron chi connectivity index (χ0n) is 13.4. The lowest BCUT2D eigenvalue weighted by Crippen LogP contribution is -2.34. The molecule has 1 aliphatic heterocycles. The minimum Gasteiger partial charge on any atom is -0.356 e. The fraction of sp³-hybridized carbons (Fsp3) is 0.389. The molecule has 23 heavy (non-hydrogen) atoms. The lowest BCUT2D eigenvalue weighted by molar-refractivity contribution is 0.499. The Morgan fingerprint density at radius 2 is 1.91 bits per heavy atom. The van der Waals surface area contributed by atoms with E-state index in [2.05, 4.69) is 63.3 Å². The molecule has 1 saturated heterocycles. The number of hydrogen-bond acceptors (Lipinski definition) is 4. The molecule has 5 nitrogen and oxygen atoms in total. The standard InChI is InChI=1S/C18H21N5/c1-2-16-12-17(23-18(21-16)19-13-20-23)22-10-8-15(9-11-22)14-6-4-3-5-7-14/h3-7,12-13,15H,2,8-11H2,1H3. The number of rotatable bonds is 3. The van der Waals surface area contributed by atoms with Crippen LogP contribution in [0, 0.1) is 0 Å². The second-order valence-electron chi connectivity index (χ2n) is 6.10. The van der Waals surface area contributed by atoms with E-state index in [1.165, 1.54) is 18.4 Å². The Bertz CT molecular complexity index is 788. The quantitative estimate of drug-likeness (QED) is 0.746. The van der Waals surface area contributed by atoms with Crippen molar-refractivity contribution in [3.05, 3.63) is 54.0 Å². The first-order valence-corrected chi connectivity index (χ1v) is 8.34. The number of hydrogen-bond donors (Lipinski definition) is 0. The third kappa shape index (κ3) is 2.67. The molecule has 0 amide bonds. The van der Waals surface area contributed by atoms with Crippen LogP contribution in [0.2, 0.25) is 0 Å². The highest BCUT2D eigenvalue weighted by Gasteiger charge is 2.23. The molecule has 118 valence electrons. The van der Waals surface area contributed by atoms with Gasteiger partial charge in [-0.05, 0) is 30.7 Å². The average Bonchev–Trinajstić information content (AvgIpc) is 3.10. The first-order valence-electron chi connectivity index (χ1n) is 8.34. The normalized spacial score (nSPS) is 16.1. The molecular weight excluding hydrogens is 286 g/mol. The number of piperidine rings is 1.